The molecule has 0 aliphatic heterocycles. The minimum atomic E-state index is -0.362. The molecule has 162 valence electrons. The Labute approximate surface area is 185 Å². The second-order valence-electron chi connectivity index (χ2n) is 7.20. The quantitative estimate of drug-likeness (QED) is 0.284. The second-order valence-corrected chi connectivity index (χ2v) is 7.20. The fourth-order valence-electron chi connectivity index (χ4n) is 3.27. The summed E-state index contributed by atoms with van der Waals surface area (Å²) in [7, 11) is 0. The molecule has 0 heterocycles. The third kappa shape index (κ3) is 8.09. The maximum Gasteiger partial charge on any atom is 0.333 e. The number of allylic oxidation sites excluding steroid dienone is 2. The van der Waals surface area contributed by atoms with Gasteiger partial charge in [-0.15, -0.1) is 0 Å². The molecular weight excluding hydrogens is 386 g/mol. The summed E-state index contributed by atoms with van der Waals surface area (Å²) in [6.45, 7) is 7.94. The van der Waals surface area contributed by atoms with Gasteiger partial charge in [0.1, 0.15) is 0 Å². The smallest absolute Gasteiger partial charge is 0.333 e. The third-order valence-electron chi connectivity index (χ3n) is 4.81. The zero-order valence-corrected chi connectivity index (χ0v) is 18.4. The lowest BCUT2D eigenvalue weighted by Crippen LogP contribution is -2.40. The normalized spacial score (nSPS) is 12.4. The molecule has 2 aromatic carbocycles. The van der Waals surface area contributed by atoms with Gasteiger partial charge in [0.2, 0.25) is 5.91 Å². The Morgan fingerprint density at radius 2 is 1.65 bits per heavy atom. The fourth-order valence-corrected chi connectivity index (χ4v) is 3.27. The highest BCUT2D eigenvalue weighted by molar-refractivity contribution is 5.88. The predicted molar refractivity (Wildman–Crippen MR) is 125 cm³/mol. The lowest BCUT2D eigenvalue weighted by Gasteiger charge is -2.31. The van der Waals surface area contributed by atoms with E-state index in [0.717, 1.165) is 11.1 Å². The van der Waals surface area contributed by atoms with Crippen molar-refractivity contribution in [2.45, 2.75) is 39.3 Å². The van der Waals surface area contributed by atoms with Gasteiger partial charge in [-0.1, -0.05) is 91.5 Å². The van der Waals surface area contributed by atoms with Crippen molar-refractivity contribution in [3.05, 3.63) is 108 Å². The number of carbonyl (C=O) groups excluding carboxylic acids is 2. The van der Waals surface area contributed by atoms with E-state index in [4.69, 9.17) is 4.74 Å². The summed E-state index contributed by atoms with van der Waals surface area (Å²) in [6.07, 6.45) is 7.93. The molecule has 0 radical (unpaired) electrons. The van der Waals surface area contributed by atoms with Crippen LogP contribution < -0.4 is 0 Å². The number of ether oxygens (including phenoxy) is 1. The molecule has 0 spiro atoms. The van der Waals surface area contributed by atoms with Crippen LogP contribution in [0.5, 0.6) is 0 Å². The number of esters is 1. The largest absolute Gasteiger partial charge is 0.463 e. The minimum Gasteiger partial charge on any atom is -0.463 e. The standard InChI is InChI=1S/C27H31NO3/c1-4-6-9-18-26(29)28(21-24-16-12-8-13-17-24)25(19-22(3)27(30)31-5-2)20-23-14-10-7-11-15-23/h4,6-17,19,25H,1,5,18,20-21H2,2-3H3/b9-6+,22-19+/t25-/m1/s1. The number of nitrogens with zero attached hydrogens (tertiary/aromatic N) is 1. The van der Waals surface area contributed by atoms with E-state index >= 15 is 0 Å². The Kier molecular flexibility index (Phi) is 10.0. The van der Waals surface area contributed by atoms with Gasteiger partial charge in [-0.25, -0.2) is 4.79 Å². The van der Waals surface area contributed by atoms with Crippen molar-refractivity contribution < 1.29 is 14.3 Å². The molecule has 0 aliphatic rings. The number of rotatable bonds is 11. The number of benzene rings is 2. The SMILES string of the molecule is C=C/C=C/CC(=O)N(Cc1ccccc1)[C@H](/C=C(\C)C(=O)OCC)Cc1ccccc1. The van der Waals surface area contributed by atoms with Gasteiger partial charge < -0.3 is 9.64 Å². The highest BCUT2D eigenvalue weighted by Crippen LogP contribution is 2.18. The molecule has 0 saturated heterocycles. The molecule has 2 aromatic rings. The fraction of sp³-hybridized carbons (Fsp3) is 0.259. The highest BCUT2D eigenvalue weighted by Gasteiger charge is 2.23. The van der Waals surface area contributed by atoms with Crippen LogP contribution in [-0.2, 0) is 27.3 Å². The number of hydrogen-bond acceptors (Lipinski definition) is 3. The van der Waals surface area contributed by atoms with Crippen molar-refractivity contribution in [2.24, 2.45) is 0 Å². The van der Waals surface area contributed by atoms with Crippen molar-refractivity contribution in [2.75, 3.05) is 6.61 Å². The molecule has 2 rings (SSSR count). The predicted octanol–water partition coefficient (Wildman–Crippen LogP) is 5.27. The summed E-state index contributed by atoms with van der Waals surface area (Å²) in [6, 6.07) is 19.6. The van der Waals surface area contributed by atoms with E-state index in [1.807, 2.05) is 71.6 Å². The summed E-state index contributed by atoms with van der Waals surface area (Å²) in [4.78, 5) is 27.3. The minimum absolute atomic E-state index is 0.0178. The van der Waals surface area contributed by atoms with Crippen LogP contribution >= 0.6 is 0 Å². The first kappa shape index (κ1) is 23.9. The monoisotopic (exact) mass is 417 g/mol. The van der Waals surface area contributed by atoms with Gasteiger partial charge in [-0.2, -0.15) is 0 Å². The third-order valence-corrected chi connectivity index (χ3v) is 4.81. The Bertz CT molecular complexity index is 901. The van der Waals surface area contributed by atoms with Gasteiger partial charge >= 0.3 is 5.97 Å². The summed E-state index contributed by atoms with van der Waals surface area (Å²) in [5, 5.41) is 0. The molecule has 0 fully saturated rings. The van der Waals surface area contributed by atoms with E-state index in [2.05, 4.69) is 6.58 Å². The zero-order chi connectivity index (χ0) is 22.5. The van der Waals surface area contributed by atoms with Gasteiger partial charge in [0, 0.05) is 18.5 Å². The second kappa shape index (κ2) is 13.0. The first-order valence-corrected chi connectivity index (χ1v) is 10.6. The van der Waals surface area contributed by atoms with Crippen LogP contribution in [0.1, 0.15) is 31.4 Å². The van der Waals surface area contributed by atoms with Gasteiger partial charge in [0.15, 0.2) is 0 Å². The van der Waals surface area contributed by atoms with E-state index in [1.54, 1.807) is 32.1 Å². The van der Waals surface area contributed by atoms with Crippen molar-refractivity contribution in [3.63, 3.8) is 0 Å². The number of amides is 1. The maximum absolute atomic E-state index is 13.2. The Hall–Kier alpha value is -3.40. The van der Waals surface area contributed by atoms with Crippen LogP contribution in [0, 0.1) is 0 Å². The molecular formula is C27H31NO3. The van der Waals surface area contributed by atoms with Gasteiger partial charge in [-0.05, 0) is 31.4 Å². The average Bonchev–Trinajstić information content (AvgIpc) is 2.78. The van der Waals surface area contributed by atoms with E-state index in [0.29, 0.717) is 25.1 Å². The Morgan fingerprint density at radius 1 is 1.03 bits per heavy atom. The zero-order valence-electron chi connectivity index (χ0n) is 18.4. The van der Waals surface area contributed by atoms with Crippen LogP contribution in [0.15, 0.2) is 97.1 Å². The summed E-state index contributed by atoms with van der Waals surface area (Å²) < 4.78 is 5.16. The Morgan fingerprint density at radius 3 is 2.23 bits per heavy atom. The molecule has 0 aliphatic carbocycles. The van der Waals surface area contributed by atoms with Crippen LogP contribution in [0.25, 0.3) is 0 Å². The van der Waals surface area contributed by atoms with Gasteiger partial charge in [0.25, 0.3) is 0 Å². The summed E-state index contributed by atoms with van der Waals surface area (Å²) in [5.74, 6) is -0.380. The van der Waals surface area contributed by atoms with Crippen molar-refractivity contribution in [1.29, 1.82) is 0 Å². The highest BCUT2D eigenvalue weighted by atomic mass is 16.5. The van der Waals surface area contributed by atoms with Crippen molar-refractivity contribution in [1.82, 2.24) is 4.90 Å². The lowest BCUT2D eigenvalue weighted by molar-refractivity contribution is -0.138. The Balaban J connectivity index is 2.42. The number of hydrogen-bond donors (Lipinski definition) is 0. The molecule has 1 amide bonds. The van der Waals surface area contributed by atoms with Gasteiger partial charge in [0.05, 0.1) is 12.6 Å². The van der Waals surface area contributed by atoms with Gasteiger partial charge in [-0.3, -0.25) is 4.79 Å². The lowest BCUT2D eigenvalue weighted by atomic mass is 10.0. The van der Waals surface area contributed by atoms with Crippen molar-refractivity contribution >= 4 is 11.9 Å². The van der Waals surface area contributed by atoms with E-state index < -0.39 is 0 Å². The average molecular weight is 418 g/mol. The van der Waals surface area contributed by atoms with Crippen molar-refractivity contribution in [3.8, 4) is 0 Å². The molecule has 31 heavy (non-hydrogen) atoms. The molecule has 0 unspecified atom stereocenters. The maximum atomic E-state index is 13.2. The number of carbonyl (C=O) groups is 2. The molecule has 0 aromatic heterocycles. The topological polar surface area (TPSA) is 46.6 Å². The van der Waals surface area contributed by atoms with E-state index in [-0.39, 0.29) is 24.3 Å². The molecule has 0 N–H and O–H groups in total. The van der Waals surface area contributed by atoms with Crippen LogP contribution in [0.3, 0.4) is 0 Å². The molecule has 0 saturated carbocycles. The van der Waals surface area contributed by atoms with E-state index in [1.165, 1.54) is 0 Å². The molecule has 4 nitrogen and oxygen atoms in total. The first-order chi connectivity index (χ1) is 15.0. The summed E-state index contributed by atoms with van der Waals surface area (Å²) >= 11 is 0. The van der Waals surface area contributed by atoms with Crippen LogP contribution in [0.4, 0.5) is 0 Å². The molecule has 4 heteroatoms. The van der Waals surface area contributed by atoms with E-state index in [9.17, 15) is 9.59 Å². The summed E-state index contributed by atoms with van der Waals surface area (Å²) in [5.41, 5.74) is 2.62. The first-order valence-electron chi connectivity index (χ1n) is 10.6. The molecule has 0 bridgehead atoms. The van der Waals surface area contributed by atoms with Crippen LogP contribution in [-0.4, -0.2) is 29.4 Å². The van der Waals surface area contributed by atoms with Crippen LogP contribution in [0.2, 0.25) is 0 Å². The molecule has 1 atom stereocenters.